The standard InChI is InChI=1S/C9H11BrN2O2S/c1-5(2-8(11)13)12-9(14)6-3-7(10)15-4-6/h3-5H,2H2,1H3,(H2,11,13)(H,12,14). The molecule has 1 heterocycles. The van der Waals surface area contributed by atoms with Gasteiger partial charge in [-0.1, -0.05) is 0 Å². The van der Waals surface area contributed by atoms with Crippen molar-refractivity contribution in [2.75, 3.05) is 0 Å². The largest absolute Gasteiger partial charge is 0.370 e. The summed E-state index contributed by atoms with van der Waals surface area (Å²) in [6.45, 7) is 1.74. The van der Waals surface area contributed by atoms with Gasteiger partial charge in [0, 0.05) is 17.8 Å². The van der Waals surface area contributed by atoms with Gasteiger partial charge in [0.1, 0.15) is 0 Å². The molecular weight excluding hydrogens is 280 g/mol. The van der Waals surface area contributed by atoms with Crippen molar-refractivity contribution in [2.45, 2.75) is 19.4 Å². The van der Waals surface area contributed by atoms with Crippen LogP contribution in [0.3, 0.4) is 0 Å². The Bertz CT molecular complexity index is 378. The molecule has 0 spiro atoms. The van der Waals surface area contributed by atoms with Gasteiger partial charge in [-0.15, -0.1) is 11.3 Å². The van der Waals surface area contributed by atoms with E-state index in [0.717, 1.165) is 3.79 Å². The van der Waals surface area contributed by atoms with Crippen molar-refractivity contribution in [1.29, 1.82) is 0 Å². The van der Waals surface area contributed by atoms with Crippen LogP contribution in [-0.2, 0) is 4.79 Å². The van der Waals surface area contributed by atoms with Gasteiger partial charge >= 0.3 is 0 Å². The maximum absolute atomic E-state index is 11.6. The molecule has 15 heavy (non-hydrogen) atoms. The molecule has 0 aromatic carbocycles. The second-order valence-electron chi connectivity index (χ2n) is 3.18. The van der Waals surface area contributed by atoms with Crippen LogP contribution in [-0.4, -0.2) is 17.9 Å². The van der Waals surface area contributed by atoms with E-state index < -0.39 is 5.91 Å². The monoisotopic (exact) mass is 290 g/mol. The van der Waals surface area contributed by atoms with Crippen LogP contribution in [0.5, 0.6) is 0 Å². The number of thiophene rings is 1. The summed E-state index contributed by atoms with van der Waals surface area (Å²) in [7, 11) is 0. The predicted molar refractivity (Wildman–Crippen MR) is 62.8 cm³/mol. The lowest BCUT2D eigenvalue weighted by atomic mass is 10.2. The minimum absolute atomic E-state index is 0.150. The highest BCUT2D eigenvalue weighted by Gasteiger charge is 2.12. The molecule has 6 heteroatoms. The molecule has 1 aromatic heterocycles. The third-order valence-corrected chi connectivity index (χ3v) is 3.22. The van der Waals surface area contributed by atoms with Gasteiger partial charge in [-0.25, -0.2) is 0 Å². The molecule has 0 aliphatic carbocycles. The van der Waals surface area contributed by atoms with Crippen molar-refractivity contribution in [3.63, 3.8) is 0 Å². The minimum atomic E-state index is -0.422. The highest BCUT2D eigenvalue weighted by Crippen LogP contribution is 2.20. The van der Waals surface area contributed by atoms with Gasteiger partial charge in [-0.2, -0.15) is 0 Å². The molecule has 0 fully saturated rings. The van der Waals surface area contributed by atoms with E-state index in [4.69, 9.17) is 5.73 Å². The fourth-order valence-electron chi connectivity index (χ4n) is 1.09. The number of nitrogens with one attached hydrogen (secondary N) is 1. The molecule has 0 aliphatic rings. The number of halogens is 1. The highest BCUT2D eigenvalue weighted by atomic mass is 79.9. The number of rotatable bonds is 4. The number of nitrogens with two attached hydrogens (primary N) is 1. The molecule has 0 saturated carbocycles. The molecule has 82 valence electrons. The van der Waals surface area contributed by atoms with Crippen LogP contribution in [0, 0.1) is 0 Å². The van der Waals surface area contributed by atoms with E-state index in [-0.39, 0.29) is 18.4 Å². The fraction of sp³-hybridized carbons (Fsp3) is 0.333. The van der Waals surface area contributed by atoms with Gasteiger partial charge in [0.2, 0.25) is 5.91 Å². The Hall–Kier alpha value is -0.880. The van der Waals surface area contributed by atoms with Crippen molar-refractivity contribution in [3.8, 4) is 0 Å². The Morgan fingerprint density at radius 1 is 1.67 bits per heavy atom. The van der Waals surface area contributed by atoms with Crippen molar-refractivity contribution >= 4 is 39.1 Å². The Kier molecular flexibility index (Phi) is 4.28. The predicted octanol–water partition coefficient (Wildman–Crippen LogP) is 1.50. The van der Waals surface area contributed by atoms with E-state index in [1.54, 1.807) is 18.4 Å². The van der Waals surface area contributed by atoms with Gasteiger partial charge in [0.25, 0.3) is 5.91 Å². The number of amides is 2. The first kappa shape index (κ1) is 12.2. The molecule has 3 N–H and O–H groups in total. The first-order chi connectivity index (χ1) is 6.99. The molecule has 1 unspecified atom stereocenters. The molecule has 0 bridgehead atoms. The highest BCUT2D eigenvalue weighted by molar-refractivity contribution is 9.11. The van der Waals surface area contributed by atoms with Crippen LogP contribution in [0.25, 0.3) is 0 Å². The number of hydrogen-bond acceptors (Lipinski definition) is 3. The van der Waals surface area contributed by atoms with Crippen molar-refractivity contribution in [1.82, 2.24) is 5.32 Å². The van der Waals surface area contributed by atoms with Crippen LogP contribution in [0.2, 0.25) is 0 Å². The third-order valence-electron chi connectivity index (χ3n) is 1.71. The van der Waals surface area contributed by atoms with Crippen LogP contribution >= 0.6 is 27.3 Å². The lowest BCUT2D eigenvalue weighted by molar-refractivity contribution is -0.118. The Morgan fingerprint density at radius 3 is 2.80 bits per heavy atom. The molecule has 1 rings (SSSR count). The first-order valence-electron chi connectivity index (χ1n) is 4.32. The molecular formula is C9H11BrN2O2S. The van der Waals surface area contributed by atoms with Crippen molar-refractivity contribution in [2.24, 2.45) is 5.73 Å². The van der Waals surface area contributed by atoms with Crippen LogP contribution in [0.15, 0.2) is 15.2 Å². The Morgan fingerprint density at radius 2 is 2.33 bits per heavy atom. The van der Waals surface area contributed by atoms with Gasteiger partial charge < -0.3 is 11.1 Å². The van der Waals surface area contributed by atoms with Gasteiger partial charge in [-0.05, 0) is 28.9 Å². The summed E-state index contributed by atoms with van der Waals surface area (Å²) in [5.41, 5.74) is 5.60. The van der Waals surface area contributed by atoms with E-state index >= 15 is 0 Å². The summed E-state index contributed by atoms with van der Waals surface area (Å²) in [5.74, 6) is -0.611. The maximum atomic E-state index is 11.6. The topological polar surface area (TPSA) is 72.2 Å². The zero-order chi connectivity index (χ0) is 11.4. The van der Waals surface area contributed by atoms with Crippen LogP contribution in [0.4, 0.5) is 0 Å². The summed E-state index contributed by atoms with van der Waals surface area (Å²) >= 11 is 4.71. The number of hydrogen-bond donors (Lipinski definition) is 2. The molecule has 0 saturated heterocycles. The van der Waals surface area contributed by atoms with Crippen molar-refractivity contribution < 1.29 is 9.59 Å². The SMILES string of the molecule is CC(CC(N)=O)NC(=O)c1csc(Br)c1. The second kappa shape index (κ2) is 5.27. The van der Waals surface area contributed by atoms with E-state index in [0.29, 0.717) is 5.56 Å². The molecule has 2 amide bonds. The fourth-order valence-corrected chi connectivity index (χ4v) is 2.23. The van der Waals surface area contributed by atoms with E-state index in [1.165, 1.54) is 11.3 Å². The van der Waals surface area contributed by atoms with Crippen LogP contribution < -0.4 is 11.1 Å². The summed E-state index contributed by atoms with van der Waals surface area (Å²) in [6.07, 6.45) is 0.150. The minimum Gasteiger partial charge on any atom is -0.370 e. The number of primary amides is 1. The molecule has 0 aliphatic heterocycles. The molecule has 1 atom stereocenters. The summed E-state index contributed by atoms with van der Waals surface area (Å²) in [6, 6.07) is 1.49. The van der Waals surface area contributed by atoms with E-state index in [9.17, 15) is 9.59 Å². The van der Waals surface area contributed by atoms with Crippen molar-refractivity contribution in [3.05, 3.63) is 20.8 Å². The lowest BCUT2D eigenvalue weighted by Crippen LogP contribution is -2.35. The maximum Gasteiger partial charge on any atom is 0.252 e. The summed E-state index contributed by atoms with van der Waals surface area (Å²) < 4.78 is 0.898. The van der Waals surface area contributed by atoms with Gasteiger partial charge in [-0.3, -0.25) is 9.59 Å². The van der Waals surface area contributed by atoms with Crippen LogP contribution in [0.1, 0.15) is 23.7 Å². The summed E-state index contributed by atoms with van der Waals surface area (Å²) in [5, 5.41) is 4.43. The Balaban J connectivity index is 2.52. The second-order valence-corrected chi connectivity index (χ2v) is 5.47. The number of carbonyl (C=O) groups is 2. The Labute approximate surface area is 100.0 Å². The average molecular weight is 291 g/mol. The average Bonchev–Trinajstić information content (AvgIpc) is 2.49. The number of carbonyl (C=O) groups excluding carboxylic acids is 2. The zero-order valence-corrected chi connectivity index (χ0v) is 10.5. The summed E-state index contributed by atoms with van der Waals surface area (Å²) in [4.78, 5) is 22.2. The quantitative estimate of drug-likeness (QED) is 0.882. The van der Waals surface area contributed by atoms with Gasteiger partial charge in [0.05, 0.1) is 9.35 Å². The molecule has 1 aromatic rings. The van der Waals surface area contributed by atoms with E-state index in [2.05, 4.69) is 21.2 Å². The van der Waals surface area contributed by atoms with E-state index in [1.807, 2.05) is 0 Å². The first-order valence-corrected chi connectivity index (χ1v) is 5.99. The van der Waals surface area contributed by atoms with Gasteiger partial charge in [0.15, 0.2) is 0 Å². The molecule has 0 radical (unpaired) electrons. The smallest absolute Gasteiger partial charge is 0.252 e. The third kappa shape index (κ3) is 4.01. The molecule has 4 nitrogen and oxygen atoms in total. The lowest BCUT2D eigenvalue weighted by Gasteiger charge is -2.10. The normalized spacial score (nSPS) is 12.1. The zero-order valence-electron chi connectivity index (χ0n) is 8.12.